The van der Waals surface area contributed by atoms with Crippen LogP contribution in [-0.4, -0.2) is 20.4 Å². The van der Waals surface area contributed by atoms with Crippen LogP contribution in [0.15, 0.2) is 47.4 Å². The van der Waals surface area contributed by atoms with Crippen LogP contribution in [0.4, 0.5) is 5.69 Å². The summed E-state index contributed by atoms with van der Waals surface area (Å²) in [5.74, 6) is -0.226. The van der Waals surface area contributed by atoms with Crippen LogP contribution >= 0.6 is 0 Å². The Morgan fingerprint density at radius 2 is 1.68 bits per heavy atom. The second-order valence-electron chi connectivity index (χ2n) is 6.21. The molecule has 1 amide bonds. The van der Waals surface area contributed by atoms with Crippen molar-refractivity contribution < 1.29 is 13.2 Å². The molecule has 5 nitrogen and oxygen atoms in total. The largest absolute Gasteiger partial charge is 0.322 e. The zero-order valence-corrected chi connectivity index (χ0v) is 15.8. The molecule has 0 aliphatic carbocycles. The first-order chi connectivity index (χ1) is 11.7. The monoisotopic (exact) mass is 360 g/mol. The third-order valence-electron chi connectivity index (χ3n) is 4.16. The highest BCUT2D eigenvalue weighted by Crippen LogP contribution is 2.16. The van der Waals surface area contributed by atoms with Crippen LogP contribution < -0.4 is 10.0 Å². The van der Waals surface area contributed by atoms with E-state index < -0.39 is 10.0 Å². The van der Waals surface area contributed by atoms with E-state index in [9.17, 15) is 13.2 Å². The topological polar surface area (TPSA) is 75.3 Å². The molecule has 0 radical (unpaired) electrons. The van der Waals surface area contributed by atoms with Crippen molar-refractivity contribution >= 4 is 21.6 Å². The Kier molecular flexibility index (Phi) is 5.98. The van der Waals surface area contributed by atoms with Gasteiger partial charge in [-0.15, -0.1) is 0 Å². The highest BCUT2D eigenvalue weighted by Gasteiger charge is 2.16. The maximum atomic E-state index is 12.3. The standard InChI is InChI=1S/C19H24N2O3S/c1-5-15(4)21-25(23,24)18-10-8-17(9-11-18)20-19(22)16-7-6-13(2)14(3)12-16/h6-12,15,21H,5H2,1-4H3,(H,20,22). The predicted octanol–water partition coefficient (Wildman–Crippen LogP) is 3.63. The van der Waals surface area contributed by atoms with E-state index in [4.69, 9.17) is 0 Å². The zero-order valence-electron chi connectivity index (χ0n) is 15.0. The van der Waals surface area contributed by atoms with Crippen LogP contribution in [0.1, 0.15) is 41.8 Å². The molecule has 2 aromatic rings. The first-order valence-electron chi connectivity index (χ1n) is 8.24. The first-order valence-corrected chi connectivity index (χ1v) is 9.72. The number of hydrogen-bond acceptors (Lipinski definition) is 3. The Bertz CT molecular complexity index is 859. The minimum Gasteiger partial charge on any atom is -0.322 e. The number of nitrogens with one attached hydrogen (secondary N) is 2. The molecule has 0 aromatic heterocycles. The van der Waals surface area contributed by atoms with E-state index >= 15 is 0 Å². The Balaban J connectivity index is 2.12. The molecule has 2 rings (SSSR count). The van der Waals surface area contributed by atoms with Gasteiger partial charge in [-0.2, -0.15) is 0 Å². The molecule has 134 valence electrons. The van der Waals surface area contributed by atoms with Crippen LogP contribution in [-0.2, 0) is 10.0 Å². The van der Waals surface area contributed by atoms with Gasteiger partial charge in [-0.25, -0.2) is 13.1 Å². The summed E-state index contributed by atoms with van der Waals surface area (Å²) >= 11 is 0. The molecule has 25 heavy (non-hydrogen) atoms. The number of amides is 1. The van der Waals surface area contributed by atoms with Crippen LogP contribution in [0.25, 0.3) is 0 Å². The van der Waals surface area contributed by atoms with Gasteiger partial charge >= 0.3 is 0 Å². The first kappa shape index (κ1) is 19.1. The summed E-state index contributed by atoms with van der Waals surface area (Å²) in [5, 5.41) is 2.78. The summed E-state index contributed by atoms with van der Waals surface area (Å²) in [6.45, 7) is 7.67. The number of rotatable bonds is 6. The molecule has 0 spiro atoms. The summed E-state index contributed by atoms with van der Waals surface area (Å²) in [7, 11) is -3.54. The molecule has 0 saturated carbocycles. The number of aryl methyl sites for hydroxylation is 2. The summed E-state index contributed by atoms with van der Waals surface area (Å²) in [5.41, 5.74) is 3.29. The molecular weight excluding hydrogens is 336 g/mol. The fourth-order valence-corrected chi connectivity index (χ4v) is 3.55. The number of carbonyl (C=O) groups is 1. The van der Waals surface area contributed by atoms with E-state index in [0.29, 0.717) is 17.7 Å². The lowest BCUT2D eigenvalue weighted by Gasteiger charge is -2.12. The summed E-state index contributed by atoms with van der Waals surface area (Å²) in [4.78, 5) is 12.5. The Labute approximate surface area is 149 Å². The van der Waals surface area contributed by atoms with Gasteiger partial charge in [0.05, 0.1) is 4.90 Å². The SMILES string of the molecule is CCC(C)NS(=O)(=O)c1ccc(NC(=O)c2ccc(C)c(C)c2)cc1. The molecule has 0 heterocycles. The summed E-state index contributed by atoms with van der Waals surface area (Å²) in [6, 6.07) is 11.5. The lowest BCUT2D eigenvalue weighted by Crippen LogP contribution is -2.31. The third-order valence-corrected chi connectivity index (χ3v) is 5.77. The lowest BCUT2D eigenvalue weighted by atomic mass is 10.1. The van der Waals surface area contributed by atoms with E-state index in [1.54, 1.807) is 18.2 Å². The van der Waals surface area contributed by atoms with Gasteiger partial charge in [0.1, 0.15) is 0 Å². The van der Waals surface area contributed by atoms with E-state index in [0.717, 1.165) is 11.1 Å². The van der Waals surface area contributed by atoms with Crippen molar-refractivity contribution in [2.24, 2.45) is 0 Å². The van der Waals surface area contributed by atoms with Crippen LogP contribution in [0.5, 0.6) is 0 Å². The van der Waals surface area contributed by atoms with Crippen molar-refractivity contribution in [1.82, 2.24) is 4.72 Å². The van der Waals surface area contributed by atoms with Crippen molar-refractivity contribution in [2.45, 2.75) is 45.1 Å². The van der Waals surface area contributed by atoms with Crippen molar-refractivity contribution in [1.29, 1.82) is 0 Å². The number of anilines is 1. The van der Waals surface area contributed by atoms with Crippen molar-refractivity contribution in [3.8, 4) is 0 Å². The summed E-state index contributed by atoms with van der Waals surface area (Å²) in [6.07, 6.45) is 0.712. The van der Waals surface area contributed by atoms with E-state index in [1.165, 1.54) is 12.1 Å². The molecule has 2 aromatic carbocycles. The molecule has 0 fully saturated rings. The third kappa shape index (κ3) is 4.90. The average molecular weight is 360 g/mol. The van der Waals surface area contributed by atoms with Crippen LogP contribution in [0.3, 0.4) is 0 Å². The molecule has 1 unspecified atom stereocenters. The van der Waals surface area contributed by atoms with Gasteiger partial charge in [0, 0.05) is 17.3 Å². The molecule has 2 N–H and O–H groups in total. The van der Waals surface area contributed by atoms with Crippen molar-refractivity contribution in [2.75, 3.05) is 5.32 Å². The molecule has 0 aliphatic rings. The lowest BCUT2D eigenvalue weighted by molar-refractivity contribution is 0.102. The average Bonchev–Trinajstić information content (AvgIpc) is 2.57. The maximum Gasteiger partial charge on any atom is 0.255 e. The number of carbonyl (C=O) groups excluding carboxylic acids is 1. The van der Waals surface area contributed by atoms with Crippen LogP contribution in [0.2, 0.25) is 0 Å². The summed E-state index contributed by atoms with van der Waals surface area (Å²) < 4.78 is 27.1. The Morgan fingerprint density at radius 3 is 2.24 bits per heavy atom. The molecule has 0 saturated heterocycles. The highest BCUT2D eigenvalue weighted by atomic mass is 32.2. The minimum atomic E-state index is -3.54. The maximum absolute atomic E-state index is 12.3. The second-order valence-corrected chi connectivity index (χ2v) is 7.92. The Hall–Kier alpha value is -2.18. The number of benzene rings is 2. The van der Waals surface area contributed by atoms with Crippen LogP contribution in [0, 0.1) is 13.8 Å². The van der Waals surface area contributed by atoms with E-state index in [2.05, 4.69) is 10.0 Å². The molecular formula is C19H24N2O3S. The van der Waals surface area contributed by atoms with Gasteiger partial charge in [-0.05, 0) is 74.7 Å². The van der Waals surface area contributed by atoms with E-state index in [-0.39, 0.29) is 16.8 Å². The number of hydrogen-bond donors (Lipinski definition) is 2. The fraction of sp³-hybridized carbons (Fsp3) is 0.316. The molecule has 1 atom stereocenters. The van der Waals surface area contributed by atoms with Gasteiger partial charge in [-0.3, -0.25) is 4.79 Å². The second kappa shape index (κ2) is 7.80. The number of sulfonamides is 1. The zero-order chi connectivity index (χ0) is 18.6. The fourth-order valence-electron chi connectivity index (χ4n) is 2.22. The molecule has 0 bridgehead atoms. The normalized spacial score (nSPS) is 12.6. The van der Waals surface area contributed by atoms with Crippen molar-refractivity contribution in [3.63, 3.8) is 0 Å². The highest BCUT2D eigenvalue weighted by molar-refractivity contribution is 7.89. The van der Waals surface area contributed by atoms with Crippen molar-refractivity contribution in [3.05, 3.63) is 59.2 Å². The smallest absolute Gasteiger partial charge is 0.255 e. The quantitative estimate of drug-likeness (QED) is 0.826. The van der Waals surface area contributed by atoms with Gasteiger partial charge in [0.25, 0.3) is 5.91 Å². The van der Waals surface area contributed by atoms with Gasteiger partial charge in [-0.1, -0.05) is 13.0 Å². The minimum absolute atomic E-state index is 0.130. The predicted molar refractivity (Wildman–Crippen MR) is 100 cm³/mol. The van der Waals surface area contributed by atoms with Gasteiger partial charge < -0.3 is 5.32 Å². The molecule has 0 aliphatic heterocycles. The Morgan fingerprint density at radius 1 is 1.04 bits per heavy atom. The molecule has 6 heteroatoms. The van der Waals surface area contributed by atoms with E-state index in [1.807, 2.05) is 39.8 Å². The van der Waals surface area contributed by atoms with Gasteiger partial charge in [0.2, 0.25) is 10.0 Å². The van der Waals surface area contributed by atoms with Gasteiger partial charge in [0.15, 0.2) is 0 Å².